The van der Waals surface area contributed by atoms with Crippen molar-refractivity contribution >= 4 is 28.1 Å². The van der Waals surface area contributed by atoms with Gasteiger partial charge in [-0.15, -0.1) is 11.3 Å². The van der Waals surface area contributed by atoms with E-state index in [1.165, 1.54) is 23.5 Å². The van der Waals surface area contributed by atoms with Gasteiger partial charge < -0.3 is 10.4 Å². The Morgan fingerprint density at radius 1 is 1.35 bits per heavy atom. The number of carboxylic acid groups (broad SMARTS) is 1. The van der Waals surface area contributed by atoms with E-state index in [0.717, 1.165) is 0 Å². The van der Waals surface area contributed by atoms with E-state index in [2.05, 4.69) is 10.3 Å². The van der Waals surface area contributed by atoms with Crippen molar-refractivity contribution in [2.75, 3.05) is 5.32 Å². The number of aromatic carboxylic acids is 1. The monoisotopic (exact) mass is 284 g/mol. The largest absolute Gasteiger partial charge is 0.476 e. The van der Waals surface area contributed by atoms with Crippen LogP contribution >= 0.6 is 11.3 Å². The van der Waals surface area contributed by atoms with Crippen LogP contribution in [-0.2, 0) is 0 Å². The molecule has 0 atom stereocenters. The molecule has 0 spiro atoms. The molecule has 0 aliphatic carbocycles. The van der Waals surface area contributed by atoms with Crippen LogP contribution in [0.25, 0.3) is 0 Å². The van der Waals surface area contributed by atoms with Crippen molar-refractivity contribution < 1.29 is 9.90 Å². The fourth-order valence-corrected chi connectivity index (χ4v) is 2.41. The number of carbonyl (C=O) groups is 1. The molecule has 0 aliphatic rings. The first kappa shape index (κ1) is 13.5. The molecule has 2 N–H and O–H groups in total. The summed E-state index contributed by atoms with van der Waals surface area (Å²) in [5.41, 5.74) is 1.13. The summed E-state index contributed by atoms with van der Waals surface area (Å²) >= 11 is 1.21. The summed E-state index contributed by atoms with van der Waals surface area (Å²) in [5.74, 6) is -1.08. The van der Waals surface area contributed by atoms with E-state index in [1.54, 1.807) is 13.0 Å². The zero-order valence-corrected chi connectivity index (χ0v) is 11.2. The molecule has 0 amide bonds. The van der Waals surface area contributed by atoms with Gasteiger partial charge in [-0.25, -0.2) is 9.78 Å². The molecule has 1 heterocycles. The van der Waals surface area contributed by atoms with Crippen molar-refractivity contribution in [3.8, 4) is 12.1 Å². The number of nitriles is 2. The van der Waals surface area contributed by atoms with E-state index in [1.807, 2.05) is 12.1 Å². The topological polar surface area (TPSA) is 110 Å². The van der Waals surface area contributed by atoms with Crippen LogP contribution in [0, 0.1) is 29.6 Å². The van der Waals surface area contributed by atoms with E-state index in [4.69, 9.17) is 15.6 Å². The fraction of sp³-hybridized carbons (Fsp3) is 0.0769. The Labute approximate surface area is 118 Å². The number of anilines is 2. The average molecular weight is 284 g/mol. The molecule has 7 heteroatoms. The van der Waals surface area contributed by atoms with Crippen molar-refractivity contribution in [3.05, 3.63) is 39.9 Å². The molecule has 98 valence electrons. The van der Waals surface area contributed by atoms with Crippen molar-refractivity contribution in [2.24, 2.45) is 0 Å². The summed E-state index contributed by atoms with van der Waals surface area (Å²) in [4.78, 5) is 15.5. The van der Waals surface area contributed by atoms with Gasteiger partial charge in [0.15, 0.2) is 10.8 Å². The minimum absolute atomic E-state index is 0.00616. The molecule has 0 radical (unpaired) electrons. The first-order chi connectivity index (χ1) is 9.55. The number of thiazole rings is 1. The van der Waals surface area contributed by atoms with Crippen LogP contribution < -0.4 is 5.32 Å². The third-order valence-electron chi connectivity index (χ3n) is 2.51. The average Bonchev–Trinajstić information content (AvgIpc) is 2.79. The van der Waals surface area contributed by atoms with Crippen LogP contribution in [0.1, 0.15) is 26.5 Å². The Morgan fingerprint density at radius 2 is 2.05 bits per heavy atom. The Kier molecular flexibility index (Phi) is 3.65. The van der Waals surface area contributed by atoms with Gasteiger partial charge in [-0.3, -0.25) is 0 Å². The van der Waals surface area contributed by atoms with Crippen LogP contribution in [0.5, 0.6) is 0 Å². The summed E-state index contributed by atoms with van der Waals surface area (Å²) in [6.07, 6.45) is 0. The zero-order chi connectivity index (χ0) is 14.7. The van der Waals surface area contributed by atoms with Crippen LogP contribution in [0.3, 0.4) is 0 Å². The lowest BCUT2D eigenvalue weighted by atomic mass is 10.1. The molecule has 6 nitrogen and oxygen atoms in total. The number of nitrogens with zero attached hydrogens (tertiary/aromatic N) is 3. The van der Waals surface area contributed by atoms with Gasteiger partial charge in [0.2, 0.25) is 0 Å². The van der Waals surface area contributed by atoms with E-state index >= 15 is 0 Å². The maximum absolute atomic E-state index is 10.9. The van der Waals surface area contributed by atoms with Crippen LogP contribution in [0.2, 0.25) is 0 Å². The second-order valence-electron chi connectivity index (χ2n) is 3.84. The SMILES string of the molecule is Cc1sc(Nc2ccc(C#N)c(C#N)c2)nc1C(=O)O. The molecule has 0 saturated heterocycles. The predicted octanol–water partition coefficient (Wildman–Crippen LogP) is 2.64. The van der Waals surface area contributed by atoms with Gasteiger partial charge in [-0.1, -0.05) is 0 Å². The van der Waals surface area contributed by atoms with Crippen LogP contribution in [-0.4, -0.2) is 16.1 Å². The standard InChI is InChI=1S/C13H8N4O2S/c1-7-11(12(18)19)17-13(20-7)16-10-3-2-8(5-14)9(4-10)6-15/h2-4H,1H3,(H,16,17)(H,18,19). The predicted molar refractivity (Wildman–Crippen MR) is 73.0 cm³/mol. The van der Waals surface area contributed by atoms with Gasteiger partial charge in [0, 0.05) is 10.6 Å². The maximum Gasteiger partial charge on any atom is 0.355 e. The van der Waals surface area contributed by atoms with Gasteiger partial charge in [0.05, 0.1) is 11.1 Å². The number of nitrogens with one attached hydrogen (secondary N) is 1. The molecule has 0 aliphatic heterocycles. The van der Waals surface area contributed by atoms with E-state index in [9.17, 15) is 4.79 Å². The van der Waals surface area contributed by atoms with Crippen molar-refractivity contribution in [2.45, 2.75) is 6.92 Å². The molecule has 0 saturated carbocycles. The second kappa shape index (κ2) is 5.39. The number of hydrogen-bond donors (Lipinski definition) is 2. The minimum atomic E-state index is -1.08. The first-order valence-electron chi connectivity index (χ1n) is 5.47. The van der Waals surface area contributed by atoms with Crippen molar-refractivity contribution in [1.29, 1.82) is 10.5 Å². The highest BCUT2D eigenvalue weighted by molar-refractivity contribution is 7.15. The van der Waals surface area contributed by atoms with Crippen LogP contribution in [0.15, 0.2) is 18.2 Å². The summed E-state index contributed by atoms with van der Waals surface area (Å²) in [7, 11) is 0. The van der Waals surface area contributed by atoms with Gasteiger partial charge in [0.25, 0.3) is 0 Å². The molecule has 0 fully saturated rings. The summed E-state index contributed by atoms with van der Waals surface area (Å²) in [5, 5.41) is 30.1. The third kappa shape index (κ3) is 2.58. The number of rotatable bonds is 3. The minimum Gasteiger partial charge on any atom is -0.476 e. The highest BCUT2D eigenvalue weighted by Crippen LogP contribution is 2.26. The van der Waals surface area contributed by atoms with Crippen molar-refractivity contribution in [1.82, 2.24) is 4.98 Å². The molecule has 1 aromatic carbocycles. The highest BCUT2D eigenvalue weighted by atomic mass is 32.1. The lowest BCUT2D eigenvalue weighted by Gasteiger charge is -2.03. The van der Waals surface area contributed by atoms with E-state index < -0.39 is 5.97 Å². The smallest absolute Gasteiger partial charge is 0.355 e. The maximum atomic E-state index is 10.9. The number of carboxylic acids is 1. The van der Waals surface area contributed by atoms with E-state index in [0.29, 0.717) is 21.3 Å². The van der Waals surface area contributed by atoms with Crippen molar-refractivity contribution in [3.63, 3.8) is 0 Å². The fourth-order valence-electron chi connectivity index (χ4n) is 1.58. The second-order valence-corrected chi connectivity index (χ2v) is 5.04. The quantitative estimate of drug-likeness (QED) is 0.896. The molecule has 0 unspecified atom stereocenters. The molecule has 1 aromatic heterocycles. The summed E-state index contributed by atoms with van der Waals surface area (Å²) in [6, 6.07) is 8.54. The number of aryl methyl sites for hydroxylation is 1. The lowest BCUT2D eigenvalue weighted by molar-refractivity contribution is 0.0690. The number of aromatic nitrogens is 1. The van der Waals surface area contributed by atoms with E-state index in [-0.39, 0.29) is 11.3 Å². The van der Waals surface area contributed by atoms with Gasteiger partial charge >= 0.3 is 5.97 Å². The van der Waals surface area contributed by atoms with Gasteiger partial charge in [-0.05, 0) is 25.1 Å². The Morgan fingerprint density at radius 3 is 2.60 bits per heavy atom. The number of hydrogen-bond acceptors (Lipinski definition) is 6. The zero-order valence-electron chi connectivity index (χ0n) is 10.3. The molecular formula is C13H8N4O2S. The lowest BCUT2D eigenvalue weighted by Crippen LogP contribution is -1.99. The highest BCUT2D eigenvalue weighted by Gasteiger charge is 2.14. The Balaban J connectivity index is 2.32. The molecule has 2 rings (SSSR count). The van der Waals surface area contributed by atoms with Gasteiger partial charge in [-0.2, -0.15) is 10.5 Å². The summed E-state index contributed by atoms with van der Waals surface area (Å²) in [6.45, 7) is 1.67. The molecule has 20 heavy (non-hydrogen) atoms. The Bertz CT molecular complexity index is 768. The molecule has 0 bridgehead atoms. The molecule has 2 aromatic rings. The van der Waals surface area contributed by atoms with Crippen LogP contribution in [0.4, 0.5) is 10.8 Å². The molecular weight excluding hydrogens is 276 g/mol. The first-order valence-corrected chi connectivity index (χ1v) is 6.28. The third-order valence-corrected chi connectivity index (χ3v) is 3.40. The number of benzene rings is 1. The normalized spacial score (nSPS) is 9.55. The summed E-state index contributed by atoms with van der Waals surface area (Å²) < 4.78 is 0. The Hall–Kier alpha value is -2.90. The van der Waals surface area contributed by atoms with Gasteiger partial charge in [0.1, 0.15) is 12.1 Å².